The highest BCUT2D eigenvalue weighted by Crippen LogP contribution is 2.35. The van der Waals surface area contributed by atoms with Crippen LogP contribution in [-0.4, -0.2) is 42.0 Å². The molecule has 0 N–H and O–H groups in total. The molecule has 5 heteroatoms. The maximum Gasteiger partial charge on any atom is 0.255 e. The summed E-state index contributed by atoms with van der Waals surface area (Å²) in [5.41, 5.74) is 5.69. The molecular weight excluding hydrogens is 338 g/mol. The maximum atomic E-state index is 13.0. The number of anilines is 1. The minimum absolute atomic E-state index is 0.132. The smallest absolute Gasteiger partial charge is 0.255 e. The van der Waals surface area contributed by atoms with Crippen molar-refractivity contribution in [1.82, 2.24) is 9.88 Å². The lowest BCUT2D eigenvalue weighted by Crippen LogP contribution is -2.35. The molecule has 1 unspecified atom stereocenters. The fraction of sp³-hybridized carbons (Fsp3) is 0.364. The third-order valence-electron chi connectivity index (χ3n) is 6.05. The van der Waals surface area contributed by atoms with E-state index in [1.165, 1.54) is 16.7 Å². The van der Waals surface area contributed by atoms with Crippen molar-refractivity contribution in [2.45, 2.75) is 25.8 Å². The number of hydrogen-bond acceptors (Lipinski definition) is 4. The zero-order valence-electron chi connectivity index (χ0n) is 15.5. The van der Waals surface area contributed by atoms with Gasteiger partial charge in [-0.15, -0.1) is 0 Å². The summed E-state index contributed by atoms with van der Waals surface area (Å²) in [6.45, 7) is 5.40. The van der Waals surface area contributed by atoms with Crippen molar-refractivity contribution in [3.05, 3.63) is 65.0 Å². The van der Waals surface area contributed by atoms with Gasteiger partial charge >= 0.3 is 0 Å². The Bertz CT molecular complexity index is 922. The molecule has 3 aliphatic rings. The number of amides is 1. The summed E-state index contributed by atoms with van der Waals surface area (Å²) in [5.74, 6) is 1.16. The topological polar surface area (TPSA) is 45.7 Å². The van der Waals surface area contributed by atoms with E-state index in [1.54, 1.807) is 12.4 Å². The van der Waals surface area contributed by atoms with E-state index >= 15 is 0 Å². The molecule has 1 amide bonds. The van der Waals surface area contributed by atoms with Crippen LogP contribution in [0.4, 0.5) is 5.69 Å². The van der Waals surface area contributed by atoms with Gasteiger partial charge in [0.15, 0.2) is 0 Å². The molecule has 1 aromatic carbocycles. The Morgan fingerprint density at radius 1 is 1.19 bits per heavy atom. The van der Waals surface area contributed by atoms with Gasteiger partial charge in [0.25, 0.3) is 5.91 Å². The monoisotopic (exact) mass is 361 g/mol. The number of ether oxygens (including phenoxy) is 1. The first-order chi connectivity index (χ1) is 13.2. The maximum absolute atomic E-state index is 13.0. The number of benzene rings is 1. The van der Waals surface area contributed by atoms with E-state index in [9.17, 15) is 4.79 Å². The van der Waals surface area contributed by atoms with Crippen molar-refractivity contribution in [3.8, 4) is 5.75 Å². The first-order valence-electron chi connectivity index (χ1n) is 9.63. The molecule has 0 spiro atoms. The van der Waals surface area contributed by atoms with Crippen LogP contribution in [0.5, 0.6) is 5.75 Å². The van der Waals surface area contributed by atoms with Crippen LogP contribution in [0.15, 0.2) is 53.9 Å². The fourth-order valence-electron chi connectivity index (χ4n) is 4.35. The van der Waals surface area contributed by atoms with E-state index in [2.05, 4.69) is 35.0 Å². The quantitative estimate of drug-likeness (QED) is 0.843. The summed E-state index contributed by atoms with van der Waals surface area (Å²) in [7, 11) is 0. The molecular formula is C22H23N3O2. The number of hydrogen-bond donors (Lipinski definition) is 0. The molecule has 3 aliphatic heterocycles. The largest absolute Gasteiger partial charge is 0.493 e. The van der Waals surface area contributed by atoms with Crippen molar-refractivity contribution in [1.29, 1.82) is 0 Å². The van der Waals surface area contributed by atoms with Gasteiger partial charge in [-0.3, -0.25) is 14.7 Å². The number of rotatable bonds is 3. The van der Waals surface area contributed by atoms with Crippen molar-refractivity contribution < 1.29 is 9.53 Å². The fourth-order valence-corrected chi connectivity index (χ4v) is 4.35. The van der Waals surface area contributed by atoms with Crippen LogP contribution in [0.2, 0.25) is 0 Å². The minimum Gasteiger partial charge on any atom is -0.493 e. The molecule has 5 rings (SSSR count). The second kappa shape index (κ2) is 6.50. The highest BCUT2D eigenvalue weighted by molar-refractivity contribution is 6.09. The van der Waals surface area contributed by atoms with Gasteiger partial charge in [-0.25, -0.2) is 0 Å². The molecule has 0 aliphatic carbocycles. The Morgan fingerprint density at radius 3 is 2.96 bits per heavy atom. The molecule has 0 bridgehead atoms. The number of carbonyl (C=O) groups excluding carboxylic acids is 1. The Balaban J connectivity index is 1.34. The van der Waals surface area contributed by atoms with E-state index in [1.807, 2.05) is 17.0 Å². The van der Waals surface area contributed by atoms with E-state index in [0.717, 1.165) is 43.0 Å². The minimum atomic E-state index is 0.132. The average molecular weight is 361 g/mol. The predicted octanol–water partition coefficient (Wildman–Crippen LogP) is 3.13. The highest BCUT2D eigenvalue weighted by Gasteiger charge is 2.36. The lowest BCUT2D eigenvalue weighted by molar-refractivity contribution is -0.114. The van der Waals surface area contributed by atoms with E-state index < -0.39 is 0 Å². The van der Waals surface area contributed by atoms with Crippen LogP contribution in [0.1, 0.15) is 30.5 Å². The van der Waals surface area contributed by atoms with Crippen molar-refractivity contribution >= 4 is 11.6 Å². The van der Waals surface area contributed by atoms with E-state index in [-0.39, 0.29) is 11.9 Å². The van der Waals surface area contributed by atoms with Crippen LogP contribution in [0, 0.1) is 0 Å². The second-order valence-corrected chi connectivity index (χ2v) is 7.55. The Morgan fingerprint density at radius 2 is 2.11 bits per heavy atom. The third-order valence-corrected chi connectivity index (χ3v) is 6.05. The number of pyridine rings is 1. The van der Waals surface area contributed by atoms with Gasteiger partial charge in [-0.05, 0) is 48.2 Å². The van der Waals surface area contributed by atoms with Crippen LogP contribution in [0.25, 0.3) is 0 Å². The molecule has 0 saturated heterocycles. The second-order valence-electron chi connectivity index (χ2n) is 7.55. The summed E-state index contributed by atoms with van der Waals surface area (Å²) in [4.78, 5) is 21.4. The predicted molar refractivity (Wildman–Crippen MR) is 104 cm³/mol. The lowest BCUT2D eigenvalue weighted by Gasteiger charge is -2.33. The van der Waals surface area contributed by atoms with Crippen LogP contribution >= 0.6 is 0 Å². The van der Waals surface area contributed by atoms with E-state index in [0.29, 0.717) is 13.1 Å². The van der Waals surface area contributed by atoms with Gasteiger partial charge < -0.3 is 9.64 Å². The Labute approximate surface area is 159 Å². The summed E-state index contributed by atoms with van der Waals surface area (Å²) >= 11 is 0. The molecule has 5 nitrogen and oxygen atoms in total. The van der Waals surface area contributed by atoms with Gasteiger partial charge in [-0.1, -0.05) is 12.1 Å². The zero-order chi connectivity index (χ0) is 18.4. The molecule has 0 saturated carbocycles. The van der Waals surface area contributed by atoms with Gasteiger partial charge in [0.2, 0.25) is 0 Å². The summed E-state index contributed by atoms with van der Waals surface area (Å²) in [6, 6.07) is 10.7. The van der Waals surface area contributed by atoms with Crippen molar-refractivity contribution in [2.24, 2.45) is 0 Å². The van der Waals surface area contributed by atoms with Crippen LogP contribution < -0.4 is 9.64 Å². The molecule has 4 heterocycles. The molecule has 138 valence electrons. The van der Waals surface area contributed by atoms with Gasteiger partial charge in [-0.2, -0.15) is 0 Å². The van der Waals surface area contributed by atoms with Gasteiger partial charge in [0.05, 0.1) is 18.5 Å². The number of carbonyl (C=O) groups is 1. The highest BCUT2D eigenvalue weighted by atomic mass is 16.5. The van der Waals surface area contributed by atoms with Gasteiger partial charge in [0.1, 0.15) is 5.75 Å². The third kappa shape index (κ3) is 2.82. The molecule has 1 aromatic heterocycles. The SMILES string of the molecule is CC(c1ccc2c(c1)OCC2)N1CCC2=C(C1)C(=O)N(c1cccnc1)C2. The summed E-state index contributed by atoms with van der Waals surface area (Å²) in [5, 5.41) is 0. The van der Waals surface area contributed by atoms with Crippen LogP contribution in [0.3, 0.4) is 0 Å². The lowest BCUT2D eigenvalue weighted by atomic mass is 9.98. The zero-order valence-corrected chi connectivity index (χ0v) is 15.5. The van der Waals surface area contributed by atoms with Gasteiger partial charge in [0, 0.05) is 43.9 Å². The van der Waals surface area contributed by atoms with Crippen molar-refractivity contribution in [2.75, 3.05) is 31.1 Å². The Hall–Kier alpha value is -2.66. The average Bonchev–Trinajstić information content (AvgIpc) is 3.32. The van der Waals surface area contributed by atoms with E-state index in [4.69, 9.17) is 4.74 Å². The molecule has 0 fully saturated rings. The first kappa shape index (κ1) is 16.5. The first-order valence-corrected chi connectivity index (χ1v) is 9.63. The van der Waals surface area contributed by atoms with Crippen LogP contribution in [-0.2, 0) is 11.2 Å². The summed E-state index contributed by atoms with van der Waals surface area (Å²) < 4.78 is 5.73. The number of fused-ring (bicyclic) bond motifs is 1. The van der Waals surface area contributed by atoms with Crippen molar-refractivity contribution in [3.63, 3.8) is 0 Å². The number of aromatic nitrogens is 1. The Kier molecular flexibility index (Phi) is 3.97. The summed E-state index contributed by atoms with van der Waals surface area (Å²) in [6.07, 6.45) is 5.45. The molecule has 1 atom stereocenters. The molecule has 27 heavy (non-hydrogen) atoms. The molecule has 0 radical (unpaired) electrons. The standard InChI is InChI=1S/C22H23N3O2/c1-15(17-5-4-16-7-10-27-21(16)11-17)24-9-6-18-13-25(22(26)20(18)14-24)19-3-2-8-23-12-19/h2-5,8,11-12,15H,6-7,9-10,13-14H2,1H3. The normalized spacial score (nSPS) is 20.5. The number of nitrogens with zero attached hydrogens (tertiary/aromatic N) is 3. The molecule has 2 aromatic rings.